The Morgan fingerprint density at radius 1 is 1.04 bits per heavy atom. The molecule has 7 heteroatoms. The molecule has 1 aromatic heterocycles. The van der Waals surface area contributed by atoms with Gasteiger partial charge in [0.05, 0.1) is 12.2 Å². The molecule has 0 saturated carbocycles. The van der Waals surface area contributed by atoms with Gasteiger partial charge >= 0.3 is 5.97 Å². The van der Waals surface area contributed by atoms with Crippen LogP contribution in [0.3, 0.4) is 0 Å². The predicted molar refractivity (Wildman–Crippen MR) is 104 cm³/mol. The second kappa shape index (κ2) is 8.18. The number of nitrogens with zero attached hydrogens (tertiary/aromatic N) is 2. The molecular formula is C20H20N4O3. The maximum absolute atomic E-state index is 11.1. The number of hydrogen-bond acceptors (Lipinski definition) is 6. The van der Waals surface area contributed by atoms with Gasteiger partial charge in [0, 0.05) is 23.1 Å². The van der Waals surface area contributed by atoms with Gasteiger partial charge < -0.3 is 20.5 Å². The van der Waals surface area contributed by atoms with E-state index in [1.54, 1.807) is 24.3 Å². The highest BCUT2D eigenvalue weighted by Gasteiger charge is 2.06. The Hall–Kier alpha value is -3.61. The first kappa shape index (κ1) is 18.2. The Labute approximate surface area is 157 Å². The van der Waals surface area contributed by atoms with E-state index in [0.717, 1.165) is 17.1 Å². The van der Waals surface area contributed by atoms with Crippen molar-refractivity contribution in [2.24, 2.45) is 0 Å². The first-order chi connectivity index (χ1) is 13.0. The topological polar surface area (TPSA) is 96.4 Å². The van der Waals surface area contributed by atoms with Gasteiger partial charge in [0.1, 0.15) is 11.6 Å². The highest BCUT2D eigenvalue weighted by molar-refractivity contribution is 5.89. The molecule has 0 aliphatic heterocycles. The van der Waals surface area contributed by atoms with Gasteiger partial charge in [-0.3, -0.25) is 0 Å². The molecule has 0 amide bonds. The molecule has 2 aromatic carbocycles. The van der Waals surface area contributed by atoms with Gasteiger partial charge in [-0.2, -0.15) is 4.98 Å². The first-order valence-corrected chi connectivity index (χ1v) is 8.49. The third-order valence-corrected chi connectivity index (χ3v) is 3.66. The lowest BCUT2D eigenvalue weighted by Crippen LogP contribution is -2.03. The molecule has 0 atom stereocenters. The van der Waals surface area contributed by atoms with Crippen LogP contribution >= 0.6 is 0 Å². The second-order valence-corrected chi connectivity index (χ2v) is 5.81. The van der Waals surface area contributed by atoms with Crippen LogP contribution in [0.2, 0.25) is 0 Å². The van der Waals surface area contributed by atoms with Gasteiger partial charge in [-0.15, -0.1) is 0 Å². The number of ether oxygens (including phenoxy) is 1. The molecule has 3 rings (SSSR count). The summed E-state index contributed by atoms with van der Waals surface area (Å²) in [6, 6.07) is 15.9. The molecular weight excluding hydrogens is 344 g/mol. The summed E-state index contributed by atoms with van der Waals surface area (Å²) < 4.78 is 5.43. The van der Waals surface area contributed by atoms with Crippen LogP contribution in [-0.4, -0.2) is 27.7 Å². The van der Waals surface area contributed by atoms with Gasteiger partial charge in [0.15, 0.2) is 0 Å². The highest BCUT2D eigenvalue weighted by atomic mass is 16.5. The molecule has 0 radical (unpaired) electrons. The maximum Gasteiger partial charge on any atom is 0.335 e. The fourth-order valence-electron chi connectivity index (χ4n) is 2.50. The van der Waals surface area contributed by atoms with E-state index in [2.05, 4.69) is 20.6 Å². The number of carboxylic acid groups (broad SMARTS) is 1. The summed E-state index contributed by atoms with van der Waals surface area (Å²) in [5.41, 5.74) is 2.46. The Bertz CT molecular complexity index is 942. The van der Waals surface area contributed by atoms with Gasteiger partial charge in [-0.1, -0.05) is 6.07 Å². The van der Waals surface area contributed by atoms with Crippen molar-refractivity contribution in [1.82, 2.24) is 9.97 Å². The smallest absolute Gasteiger partial charge is 0.335 e. The van der Waals surface area contributed by atoms with Crippen LogP contribution < -0.4 is 15.4 Å². The van der Waals surface area contributed by atoms with Crippen LogP contribution in [0, 0.1) is 6.92 Å². The molecule has 0 aliphatic carbocycles. The predicted octanol–water partition coefficient (Wildman–Crippen LogP) is 4.37. The van der Waals surface area contributed by atoms with E-state index in [1.165, 1.54) is 6.07 Å². The Kier molecular flexibility index (Phi) is 5.51. The largest absolute Gasteiger partial charge is 0.494 e. The lowest BCUT2D eigenvalue weighted by atomic mass is 10.2. The first-order valence-electron chi connectivity index (χ1n) is 8.49. The summed E-state index contributed by atoms with van der Waals surface area (Å²) in [5, 5.41) is 15.4. The summed E-state index contributed by atoms with van der Waals surface area (Å²) in [4.78, 5) is 19.9. The van der Waals surface area contributed by atoms with Crippen LogP contribution in [0.25, 0.3) is 0 Å². The number of aromatic nitrogens is 2. The Balaban J connectivity index is 1.77. The van der Waals surface area contributed by atoms with Crippen molar-refractivity contribution >= 4 is 29.1 Å². The van der Waals surface area contributed by atoms with E-state index in [-0.39, 0.29) is 5.56 Å². The minimum atomic E-state index is -0.977. The van der Waals surface area contributed by atoms with Gasteiger partial charge in [-0.25, -0.2) is 9.78 Å². The lowest BCUT2D eigenvalue weighted by molar-refractivity contribution is 0.0697. The molecule has 0 saturated heterocycles. The van der Waals surface area contributed by atoms with Crippen LogP contribution in [0.1, 0.15) is 23.0 Å². The second-order valence-electron chi connectivity index (χ2n) is 5.81. The zero-order valence-corrected chi connectivity index (χ0v) is 15.1. The standard InChI is InChI=1S/C20H20N4O3/c1-3-27-17-9-7-15(8-10-17)23-20-21-13(2)11-18(24-20)22-16-6-4-5-14(12-16)19(25)26/h4-12H,3H2,1-2H3,(H,25,26)(H2,21,22,23,24). The van der Waals surface area contributed by atoms with Crippen molar-refractivity contribution < 1.29 is 14.6 Å². The number of hydrogen-bond donors (Lipinski definition) is 3. The number of aromatic carboxylic acids is 1. The quantitative estimate of drug-likeness (QED) is 0.573. The van der Waals surface area contributed by atoms with E-state index in [9.17, 15) is 4.79 Å². The third-order valence-electron chi connectivity index (χ3n) is 3.66. The molecule has 0 fully saturated rings. The Morgan fingerprint density at radius 2 is 1.81 bits per heavy atom. The van der Waals surface area contributed by atoms with Crippen LogP contribution in [-0.2, 0) is 0 Å². The van der Waals surface area contributed by atoms with Crippen LogP contribution in [0.15, 0.2) is 54.6 Å². The van der Waals surface area contributed by atoms with E-state index in [4.69, 9.17) is 9.84 Å². The Morgan fingerprint density at radius 3 is 2.52 bits per heavy atom. The average Bonchev–Trinajstić information content (AvgIpc) is 2.63. The van der Waals surface area contributed by atoms with Gasteiger partial charge in [0.2, 0.25) is 5.95 Å². The SMILES string of the molecule is CCOc1ccc(Nc2nc(C)cc(Nc3cccc(C(=O)O)c3)n2)cc1. The summed E-state index contributed by atoms with van der Waals surface area (Å²) in [6.07, 6.45) is 0. The van der Waals surface area contributed by atoms with Crippen LogP contribution in [0.5, 0.6) is 5.75 Å². The fraction of sp³-hybridized carbons (Fsp3) is 0.150. The van der Waals surface area contributed by atoms with E-state index in [1.807, 2.05) is 38.1 Å². The fourth-order valence-corrected chi connectivity index (χ4v) is 2.50. The van der Waals surface area contributed by atoms with Crippen molar-refractivity contribution in [3.05, 3.63) is 65.9 Å². The van der Waals surface area contributed by atoms with Crippen molar-refractivity contribution in [3.8, 4) is 5.75 Å². The number of nitrogens with one attached hydrogen (secondary N) is 2. The number of carboxylic acids is 1. The number of anilines is 4. The maximum atomic E-state index is 11.1. The summed E-state index contributed by atoms with van der Waals surface area (Å²) >= 11 is 0. The van der Waals surface area contributed by atoms with E-state index >= 15 is 0 Å². The molecule has 0 aliphatic rings. The van der Waals surface area contributed by atoms with Gasteiger partial charge in [0.25, 0.3) is 0 Å². The van der Waals surface area contributed by atoms with Crippen molar-refractivity contribution in [2.45, 2.75) is 13.8 Å². The molecule has 138 valence electrons. The monoisotopic (exact) mass is 364 g/mol. The van der Waals surface area contributed by atoms with Crippen LogP contribution in [0.4, 0.5) is 23.1 Å². The summed E-state index contributed by atoms with van der Waals surface area (Å²) in [5.74, 6) is 0.832. The molecule has 3 aromatic rings. The molecule has 0 unspecified atom stereocenters. The highest BCUT2D eigenvalue weighted by Crippen LogP contribution is 2.21. The van der Waals surface area contributed by atoms with Crippen molar-refractivity contribution in [3.63, 3.8) is 0 Å². The van der Waals surface area contributed by atoms with E-state index < -0.39 is 5.97 Å². The normalized spacial score (nSPS) is 10.3. The molecule has 0 spiro atoms. The zero-order valence-electron chi connectivity index (χ0n) is 15.1. The number of aryl methyl sites for hydroxylation is 1. The summed E-state index contributed by atoms with van der Waals surface area (Å²) in [7, 11) is 0. The minimum absolute atomic E-state index is 0.207. The molecule has 27 heavy (non-hydrogen) atoms. The number of benzene rings is 2. The molecule has 3 N–H and O–H groups in total. The van der Waals surface area contributed by atoms with Crippen molar-refractivity contribution in [1.29, 1.82) is 0 Å². The molecule has 1 heterocycles. The van der Waals surface area contributed by atoms with E-state index in [0.29, 0.717) is 24.1 Å². The summed E-state index contributed by atoms with van der Waals surface area (Å²) in [6.45, 7) is 4.42. The van der Waals surface area contributed by atoms with Crippen molar-refractivity contribution in [2.75, 3.05) is 17.2 Å². The zero-order chi connectivity index (χ0) is 19.2. The molecule has 7 nitrogen and oxygen atoms in total. The number of rotatable bonds is 7. The molecule has 0 bridgehead atoms. The average molecular weight is 364 g/mol. The minimum Gasteiger partial charge on any atom is -0.494 e. The third kappa shape index (κ3) is 4.94. The number of carbonyl (C=O) groups is 1. The lowest BCUT2D eigenvalue weighted by Gasteiger charge is -2.11. The van der Waals surface area contributed by atoms with Gasteiger partial charge in [-0.05, 0) is 56.3 Å².